The highest BCUT2D eigenvalue weighted by atomic mass is 16.3. The summed E-state index contributed by atoms with van der Waals surface area (Å²) in [5.41, 5.74) is 1.19. The van der Waals surface area contributed by atoms with Gasteiger partial charge in [0.25, 0.3) is 5.91 Å². The van der Waals surface area contributed by atoms with Gasteiger partial charge in [0.05, 0.1) is 11.6 Å². The maximum absolute atomic E-state index is 12.1. The second-order valence-corrected chi connectivity index (χ2v) is 6.00. The van der Waals surface area contributed by atoms with E-state index < -0.39 is 6.10 Å². The van der Waals surface area contributed by atoms with Crippen molar-refractivity contribution >= 4 is 16.8 Å². The molecular formula is C16H20N2O2. The minimum atomic E-state index is -0.575. The van der Waals surface area contributed by atoms with Crippen LogP contribution in [0.5, 0.6) is 0 Å². The summed E-state index contributed by atoms with van der Waals surface area (Å²) in [6, 6.07) is 9.14. The first-order valence-electron chi connectivity index (χ1n) is 6.69. The van der Waals surface area contributed by atoms with Gasteiger partial charge in [-0.3, -0.25) is 9.78 Å². The molecular weight excluding hydrogens is 252 g/mol. The highest BCUT2D eigenvalue weighted by molar-refractivity contribution is 5.97. The van der Waals surface area contributed by atoms with Gasteiger partial charge in [-0.05, 0) is 29.7 Å². The van der Waals surface area contributed by atoms with Crippen LogP contribution in [0.4, 0.5) is 0 Å². The average molecular weight is 272 g/mol. The molecule has 1 amide bonds. The molecule has 0 aliphatic rings. The Morgan fingerprint density at radius 1 is 1.35 bits per heavy atom. The second kappa shape index (κ2) is 5.59. The van der Waals surface area contributed by atoms with Gasteiger partial charge in [-0.2, -0.15) is 0 Å². The Bertz CT molecular complexity index is 617. The third-order valence-corrected chi connectivity index (χ3v) is 3.32. The molecule has 106 valence electrons. The van der Waals surface area contributed by atoms with Crippen molar-refractivity contribution in [3.63, 3.8) is 0 Å². The van der Waals surface area contributed by atoms with Crippen LogP contribution in [-0.4, -0.2) is 28.6 Å². The van der Waals surface area contributed by atoms with Gasteiger partial charge in [0.1, 0.15) is 0 Å². The van der Waals surface area contributed by atoms with Crippen molar-refractivity contribution in [2.45, 2.75) is 26.9 Å². The Balaban J connectivity index is 2.08. The van der Waals surface area contributed by atoms with Crippen LogP contribution >= 0.6 is 0 Å². The summed E-state index contributed by atoms with van der Waals surface area (Å²) in [4.78, 5) is 16.3. The largest absolute Gasteiger partial charge is 0.391 e. The van der Waals surface area contributed by atoms with E-state index in [2.05, 4.69) is 10.3 Å². The topological polar surface area (TPSA) is 62.2 Å². The number of rotatable bonds is 3. The van der Waals surface area contributed by atoms with Gasteiger partial charge in [-0.15, -0.1) is 0 Å². The molecule has 2 aromatic rings. The van der Waals surface area contributed by atoms with Crippen molar-refractivity contribution < 1.29 is 9.90 Å². The minimum Gasteiger partial charge on any atom is -0.391 e. The standard InChI is InChI=1S/C16H20N2O2/c1-16(2,3)14(19)10-18-15(20)12-6-7-13-11(9-12)5-4-8-17-13/h4-9,14,19H,10H2,1-3H3,(H,18,20). The molecule has 20 heavy (non-hydrogen) atoms. The van der Waals surface area contributed by atoms with Crippen molar-refractivity contribution in [3.8, 4) is 0 Å². The maximum atomic E-state index is 12.1. The third-order valence-electron chi connectivity index (χ3n) is 3.32. The van der Waals surface area contributed by atoms with Gasteiger partial charge in [0.2, 0.25) is 0 Å². The number of pyridine rings is 1. The van der Waals surface area contributed by atoms with E-state index in [1.54, 1.807) is 18.3 Å². The molecule has 0 saturated heterocycles. The molecule has 0 fully saturated rings. The van der Waals surface area contributed by atoms with E-state index in [-0.39, 0.29) is 17.9 Å². The Hall–Kier alpha value is -1.94. The molecule has 1 aromatic heterocycles. The number of aliphatic hydroxyl groups is 1. The highest BCUT2D eigenvalue weighted by Gasteiger charge is 2.22. The van der Waals surface area contributed by atoms with Crippen molar-refractivity contribution in [3.05, 3.63) is 42.1 Å². The van der Waals surface area contributed by atoms with Crippen LogP contribution in [0.15, 0.2) is 36.5 Å². The Kier molecular flexibility index (Phi) is 4.04. The number of carbonyl (C=O) groups is 1. The summed E-state index contributed by atoms with van der Waals surface area (Å²) in [7, 11) is 0. The monoisotopic (exact) mass is 272 g/mol. The third kappa shape index (κ3) is 3.33. The van der Waals surface area contributed by atoms with Crippen molar-refractivity contribution in [1.29, 1.82) is 0 Å². The summed E-state index contributed by atoms with van der Waals surface area (Å²) in [6.07, 6.45) is 1.15. The predicted octanol–water partition coefficient (Wildman–Crippen LogP) is 2.37. The van der Waals surface area contributed by atoms with Crippen molar-refractivity contribution in [2.75, 3.05) is 6.54 Å². The quantitative estimate of drug-likeness (QED) is 0.901. The molecule has 2 rings (SSSR count). The van der Waals surface area contributed by atoms with Gasteiger partial charge in [-0.1, -0.05) is 26.8 Å². The zero-order chi connectivity index (χ0) is 14.8. The Morgan fingerprint density at radius 3 is 2.80 bits per heavy atom. The number of hydrogen-bond donors (Lipinski definition) is 2. The molecule has 0 saturated carbocycles. The number of fused-ring (bicyclic) bond motifs is 1. The predicted molar refractivity (Wildman–Crippen MR) is 79.5 cm³/mol. The fraction of sp³-hybridized carbons (Fsp3) is 0.375. The normalized spacial score (nSPS) is 13.2. The van der Waals surface area contributed by atoms with Gasteiger partial charge in [0.15, 0.2) is 0 Å². The second-order valence-electron chi connectivity index (χ2n) is 6.00. The maximum Gasteiger partial charge on any atom is 0.251 e. The van der Waals surface area contributed by atoms with Crippen molar-refractivity contribution in [2.24, 2.45) is 5.41 Å². The fourth-order valence-electron chi connectivity index (χ4n) is 1.81. The van der Waals surface area contributed by atoms with E-state index >= 15 is 0 Å². The number of nitrogens with one attached hydrogen (secondary N) is 1. The van der Waals surface area contributed by atoms with Crippen LogP contribution in [0.25, 0.3) is 10.9 Å². The Labute approximate surface area is 118 Å². The molecule has 0 radical (unpaired) electrons. The number of carbonyl (C=O) groups excluding carboxylic acids is 1. The smallest absolute Gasteiger partial charge is 0.251 e. The lowest BCUT2D eigenvalue weighted by Crippen LogP contribution is -2.39. The zero-order valence-electron chi connectivity index (χ0n) is 12.1. The molecule has 0 aliphatic heterocycles. The zero-order valence-corrected chi connectivity index (χ0v) is 12.1. The first-order valence-corrected chi connectivity index (χ1v) is 6.69. The molecule has 2 N–H and O–H groups in total. The van der Waals surface area contributed by atoms with E-state index in [1.165, 1.54) is 0 Å². The molecule has 4 nitrogen and oxygen atoms in total. The van der Waals surface area contributed by atoms with E-state index in [0.717, 1.165) is 10.9 Å². The average Bonchev–Trinajstić information content (AvgIpc) is 2.42. The summed E-state index contributed by atoms with van der Waals surface area (Å²) in [5, 5.41) is 13.6. The fourth-order valence-corrected chi connectivity index (χ4v) is 1.81. The molecule has 1 atom stereocenters. The lowest BCUT2D eigenvalue weighted by atomic mass is 9.89. The highest BCUT2D eigenvalue weighted by Crippen LogP contribution is 2.18. The number of aromatic nitrogens is 1. The number of hydrogen-bond acceptors (Lipinski definition) is 3. The van der Waals surface area contributed by atoms with Crippen LogP contribution in [0.3, 0.4) is 0 Å². The van der Waals surface area contributed by atoms with Gasteiger partial charge < -0.3 is 10.4 Å². The number of benzene rings is 1. The molecule has 1 aromatic carbocycles. The Morgan fingerprint density at radius 2 is 2.10 bits per heavy atom. The lowest BCUT2D eigenvalue weighted by Gasteiger charge is -2.25. The van der Waals surface area contributed by atoms with Gasteiger partial charge in [0, 0.05) is 23.7 Å². The van der Waals surface area contributed by atoms with Crippen LogP contribution in [-0.2, 0) is 0 Å². The van der Waals surface area contributed by atoms with Gasteiger partial charge in [-0.25, -0.2) is 0 Å². The molecule has 4 heteroatoms. The van der Waals surface area contributed by atoms with Crippen LogP contribution in [0.1, 0.15) is 31.1 Å². The molecule has 1 heterocycles. The SMILES string of the molecule is CC(C)(C)C(O)CNC(=O)c1ccc2ncccc2c1. The molecule has 0 bridgehead atoms. The van der Waals surface area contributed by atoms with Gasteiger partial charge >= 0.3 is 0 Å². The van der Waals surface area contributed by atoms with Crippen LogP contribution < -0.4 is 5.32 Å². The number of aliphatic hydroxyl groups excluding tert-OH is 1. The van der Waals surface area contributed by atoms with E-state index in [0.29, 0.717) is 5.56 Å². The van der Waals surface area contributed by atoms with Crippen molar-refractivity contribution in [1.82, 2.24) is 10.3 Å². The molecule has 0 spiro atoms. The summed E-state index contributed by atoms with van der Waals surface area (Å²) >= 11 is 0. The van der Waals surface area contributed by atoms with E-state index in [1.807, 2.05) is 39.0 Å². The molecule has 0 aliphatic carbocycles. The first-order chi connectivity index (χ1) is 9.38. The minimum absolute atomic E-state index is 0.181. The first kappa shape index (κ1) is 14.5. The number of amides is 1. The van der Waals surface area contributed by atoms with Crippen LogP contribution in [0, 0.1) is 5.41 Å². The summed E-state index contributed by atoms with van der Waals surface area (Å²) < 4.78 is 0. The van der Waals surface area contributed by atoms with E-state index in [4.69, 9.17) is 0 Å². The summed E-state index contributed by atoms with van der Waals surface area (Å²) in [5.74, 6) is -0.181. The van der Waals surface area contributed by atoms with Crippen LogP contribution in [0.2, 0.25) is 0 Å². The lowest BCUT2D eigenvalue weighted by molar-refractivity contribution is 0.0587. The summed E-state index contributed by atoms with van der Waals surface area (Å²) in [6.45, 7) is 6.05. The van der Waals surface area contributed by atoms with E-state index in [9.17, 15) is 9.90 Å². The molecule has 1 unspecified atom stereocenters. The number of nitrogens with zero attached hydrogens (tertiary/aromatic N) is 1.